The van der Waals surface area contributed by atoms with Gasteiger partial charge in [-0.1, -0.05) is 12.1 Å². The molecule has 3 nitrogen and oxygen atoms in total. The second-order valence-electron chi connectivity index (χ2n) is 5.15. The lowest BCUT2D eigenvalue weighted by Gasteiger charge is -2.15. The first kappa shape index (κ1) is 14.4. The van der Waals surface area contributed by atoms with Gasteiger partial charge in [-0.2, -0.15) is 0 Å². The zero-order valence-corrected chi connectivity index (χ0v) is 12.9. The van der Waals surface area contributed by atoms with Crippen LogP contribution in [-0.4, -0.2) is 12.1 Å². The van der Waals surface area contributed by atoms with E-state index in [2.05, 4.69) is 49.3 Å². The number of aromatic nitrogens is 1. The summed E-state index contributed by atoms with van der Waals surface area (Å²) < 4.78 is 5.44. The molecule has 0 saturated carbocycles. The highest BCUT2D eigenvalue weighted by atomic mass is 16.5. The minimum Gasteiger partial charge on any atom is -0.496 e. The fourth-order valence-electron chi connectivity index (χ4n) is 2.37. The molecule has 0 saturated heterocycles. The third-order valence-electron chi connectivity index (χ3n) is 3.80. The topological polar surface area (TPSA) is 34.1 Å². The average molecular weight is 270 g/mol. The summed E-state index contributed by atoms with van der Waals surface area (Å²) in [6, 6.07) is 6.29. The van der Waals surface area contributed by atoms with Gasteiger partial charge in [0.25, 0.3) is 0 Å². The largest absolute Gasteiger partial charge is 0.496 e. The van der Waals surface area contributed by atoms with Gasteiger partial charge in [-0.05, 0) is 44.9 Å². The molecule has 2 rings (SSSR count). The van der Waals surface area contributed by atoms with Gasteiger partial charge in [-0.25, -0.2) is 0 Å². The molecule has 1 heterocycles. The molecule has 0 fully saturated rings. The van der Waals surface area contributed by atoms with Gasteiger partial charge in [-0.15, -0.1) is 0 Å². The first-order valence-corrected chi connectivity index (χ1v) is 6.83. The minimum absolute atomic E-state index is 0.701. The van der Waals surface area contributed by atoms with Crippen LogP contribution in [0.1, 0.15) is 27.9 Å². The molecular weight excluding hydrogens is 248 g/mol. The molecule has 0 amide bonds. The zero-order chi connectivity index (χ0) is 14.7. The summed E-state index contributed by atoms with van der Waals surface area (Å²) in [6.07, 6.45) is 1.87. The van der Waals surface area contributed by atoms with Gasteiger partial charge < -0.3 is 10.1 Å². The summed E-state index contributed by atoms with van der Waals surface area (Å²) in [6.45, 7) is 9.03. The summed E-state index contributed by atoms with van der Waals surface area (Å²) in [5.74, 6) is 0.928. The van der Waals surface area contributed by atoms with Crippen LogP contribution in [-0.2, 0) is 6.54 Å². The van der Waals surface area contributed by atoms with Gasteiger partial charge in [0.05, 0.1) is 19.3 Å². The molecule has 0 bridgehead atoms. The number of anilines is 1. The SMILES string of the molecule is COc1c(C)cnc(CNc2cccc(C)c2C)c1C. The average Bonchev–Trinajstić information content (AvgIpc) is 2.43. The Morgan fingerprint density at radius 3 is 2.50 bits per heavy atom. The number of pyridine rings is 1. The Kier molecular flexibility index (Phi) is 4.28. The Hall–Kier alpha value is -2.03. The highest BCUT2D eigenvalue weighted by Gasteiger charge is 2.09. The van der Waals surface area contributed by atoms with Crippen LogP contribution in [0.3, 0.4) is 0 Å². The Bertz CT molecular complexity index is 621. The van der Waals surface area contributed by atoms with Crippen molar-refractivity contribution in [3.05, 3.63) is 52.3 Å². The van der Waals surface area contributed by atoms with Crippen molar-refractivity contribution in [2.75, 3.05) is 12.4 Å². The van der Waals surface area contributed by atoms with Gasteiger partial charge in [0.15, 0.2) is 0 Å². The molecule has 20 heavy (non-hydrogen) atoms. The standard InChI is InChI=1S/C17H22N2O/c1-11-7-6-8-15(13(11)3)19-10-16-14(4)17(20-5)12(2)9-18-16/h6-9,19H,10H2,1-5H3. The quantitative estimate of drug-likeness (QED) is 0.914. The van der Waals surface area contributed by atoms with E-state index >= 15 is 0 Å². The Morgan fingerprint density at radius 2 is 1.80 bits per heavy atom. The first-order chi connectivity index (χ1) is 9.54. The van der Waals surface area contributed by atoms with E-state index in [4.69, 9.17) is 4.74 Å². The van der Waals surface area contributed by atoms with E-state index < -0.39 is 0 Å². The fraction of sp³-hybridized carbons (Fsp3) is 0.353. The summed E-state index contributed by atoms with van der Waals surface area (Å²) in [5, 5.41) is 3.46. The van der Waals surface area contributed by atoms with Crippen LogP contribution >= 0.6 is 0 Å². The van der Waals surface area contributed by atoms with Gasteiger partial charge in [0.1, 0.15) is 5.75 Å². The van der Waals surface area contributed by atoms with Crippen LogP contribution in [0.25, 0.3) is 0 Å². The summed E-state index contributed by atoms with van der Waals surface area (Å²) in [4.78, 5) is 4.51. The van der Waals surface area contributed by atoms with Crippen molar-refractivity contribution in [3.8, 4) is 5.75 Å². The number of aryl methyl sites for hydroxylation is 2. The van der Waals surface area contributed by atoms with E-state index in [1.165, 1.54) is 11.1 Å². The lowest BCUT2D eigenvalue weighted by molar-refractivity contribution is 0.407. The Morgan fingerprint density at radius 1 is 1.05 bits per heavy atom. The molecule has 0 aliphatic heterocycles. The molecule has 1 aromatic carbocycles. The highest BCUT2D eigenvalue weighted by Crippen LogP contribution is 2.25. The molecular formula is C17H22N2O. The summed E-state index contributed by atoms with van der Waals surface area (Å²) in [7, 11) is 1.71. The maximum Gasteiger partial charge on any atom is 0.128 e. The van der Waals surface area contributed by atoms with E-state index in [9.17, 15) is 0 Å². The molecule has 0 aliphatic carbocycles. The van der Waals surface area contributed by atoms with Gasteiger partial charge in [0, 0.05) is 23.0 Å². The van der Waals surface area contributed by atoms with Crippen molar-refractivity contribution >= 4 is 5.69 Å². The van der Waals surface area contributed by atoms with Crippen LogP contribution in [0.15, 0.2) is 24.4 Å². The first-order valence-electron chi connectivity index (χ1n) is 6.83. The van der Waals surface area contributed by atoms with Crippen molar-refractivity contribution in [2.45, 2.75) is 34.2 Å². The predicted molar refractivity (Wildman–Crippen MR) is 83.5 cm³/mol. The van der Waals surface area contributed by atoms with Crippen molar-refractivity contribution in [1.82, 2.24) is 4.98 Å². The van der Waals surface area contributed by atoms with E-state index in [1.54, 1.807) is 7.11 Å². The van der Waals surface area contributed by atoms with Crippen LogP contribution in [0.4, 0.5) is 5.69 Å². The molecule has 0 aliphatic rings. The van der Waals surface area contributed by atoms with Crippen molar-refractivity contribution in [1.29, 1.82) is 0 Å². The Labute approximate surface area is 121 Å². The number of benzene rings is 1. The third kappa shape index (κ3) is 2.77. The van der Waals surface area contributed by atoms with E-state index in [1.807, 2.05) is 13.1 Å². The Balaban J connectivity index is 2.21. The molecule has 0 atom stereocenters. The van der Waals surface area contributed by atoms with E-state index in [0.29, 0.717) is 6.54 Å². The number of methoxy groups -OCH3 is 1. The molecule has 0 unspecified atom stereocenters. The third-order valence-corrected chi connectivity index (χ3v) is 3.80. The molecule has 2 aromatic rings. The second-order valence-corrected chi connectivity index (χ2v) is 5.15. The van der Waals surface area contributed by atoms with Crippen molar-refractivity contribution in [3.63, 3.8) is 0 Å². The number of rotatable bonds is 4. The molecule has 1 N–H and O–H groups in total. The minimum atomic E-state index is 0.701. The highest BCUT2D eigenvalue weighted by molar-refractivity contribution is 5.54. The lowest BCUT2D eigenvalue weighted by Crippen LogP contribution is -2.07. The van der Waals surface area contributed by atoms with Gasteiger partial charge in [0.2, 0.25) is 0 Å². The zero-order valence-electron chi connectivity index (χ0n) is 12.9. The molecule has 1 aromatic heterocycles. The maximum atomic E-state index is 5.44. The van der Waals surface area contributed by atoms with E-state index in [-0.39, 0.29) is 0 Å². The number of ether oxygens (including phenoxy) is 1. The normalized spacial score (nSPS) is 10.4. The maximum absolute atomic E-state index is 5.44. The molecule has 0 radical (unpaired) electrons. The molecule has 106 valence electrons. The number of hydrogen-bond acceptors (Lipinski definition) is 3. The monoisotopic (exact) mass is 270 g/mol. The van der Waals surface area contributed by atoms with Crippen LogP contribution < -0.4 is 10.1 Å². The summed E-state index contributed by atoms with van der Waals surface area (Å²) >= 11 is 0. The van der Waals surface area contributed by atoms with Crippen molar-refractivity contribution in [2.24, 2.45) is 0 Å². The van der Waals surface area contributed by atoms with Crippen LogP contribution in [0, 0.1) is 27.7 Å². The van der Waals surface area contributed by atoms with Crippen LogP contribution in [0.5, 0.6) is 5.75 Å². The number of hydrogen-bond donors (Lipinski definition) is 1. The second kappa shape index (κ2) is 5.95. The van der Waals surface area contributed by atoms with E-state index in [0.717, 1.165) is 28.3 Å². The summed E-state index contributed by atoms with van der Waals surface area (Å²) in [5.41, 5.74) is 6.93. The van der Waals surface area contributed by atoms with Crippen LogP contribution in [0.2, 0.25) is 0 Å². The molecule has 3 heteroatoms. The number of nitrogens with zero attached hydrogens (tertiary/aromatic N) is 1. The molecule has 0 spiro atoms. The smallest absolute Gasteiger partial charge is 0.128 e. The van der Waals surface area contributed by atoms with Gasteiger partial charge >= 0.3 is 0 Å². The number of nitrogens with one attached hydrogen (secondary N) is 1. The predicted octanol–water partition coefficient (Wildman–Crippen LogP) is 3.94. The van der Waals surface area contributed by atoms with Gasteiger partial charge in [-0.3, -0.25) is 4.98 Å². The lowest BCUT2D eigenvalue weighted by atomic mass is 10.1. The van der Waals surface area contributed by atoms with Crippen molar-refractivity contribution < 1.29 is 4.74 Å². The fourth-order valence-corrected chi connectivity index (χ4v) is 2.37.